The highest BCUT2D eigenvalue weighted by Gasteiger charge is 2.34. The third-order valence-electron chi connectivity index (χ3n) is 7.01. The van der Waals surface area contributed by atoms with Gasteiger partial charge in [-0.25, -0.2) is 13.1 Å². The molecule has 1 fully saturated rings. The normalized spacial score (nSPS) is 17.0. The van der Waals surface area contributed by atoms with Gasteiger partial charge in [0.25, 0.3) is 0 Å². The maximum atomic E-state index is 13.1. The number of fused-ring (bicyclic) bond motifs is 1. The molecule has 0 spiro atoms. The van der Waals surface area contributed by atoms with Crippen LogP contribution in [0.5, 0.6) is 0 Å². The standard InChI is InChI=1S/C29H39NO4S2/c1-5-29(33-19-20-34-29)18-10-6-7-13-25(30-36(31,32)28(2,3)4)27-17-16-26(35-27)24-15-14-22-11-8-9-12-23(22)21-24/h8-9,11-12,14-17,21,25,30H,5-7,10,13,18-20H2,1-4H3/t25-/m0/s1. The van der Waals surface area contributed by atoms with Crippen molar-refractivity contribution >= 4 is 32.1 Å². The summed E-state index contributed by atoms with van der Waals surface area (Å²) in [7, 11) is -3.48. The van der Waals surface area contributed by atoms with Gasteiger partial charge in [-0.1, -0.05) is 56.2 Å². The molecule has 0 bridgehead atoms. The van der Waals surface area contributed by atoms with Gasteiger partial charge in [0.2, 0.25) is 10.0 Å². The van der Waals surface area contributed by atoms with E-state index >= 15 is 0 Å². The highest BCUT2D eigenvalue weighted by atomic mass is 32.2. The molecule has 1 atom stereocenters. The van der Waals surface area contributed by atoms with Gasteiger partial charge < -0.3 is 9.47 Å². The van der Waals surface area contributed by atoms with E-state index in [0.717, 1.165) is 53.8 Å². The molecule has 0 unspecified atom stereocenters. The molecular weight excluding hydrogens is 490 g/mol. The molecule has 3 aromatic rings. The van der Waals surface area contributed by atoms with Gasteiger partial charge in [0.15, 0.2) is 5.79 Å². The van der Waals surface area contributed by atoms with Crippen LogP contribution >= 0.6 is 11.3 Å². The number of sulfonamides is 1. The number of ether oxygens (including phenoxy) is 2. The second-order valence-electron chi connectivity index (χ2n) is 10.6. The Morgan fingerprint density at radius 1 is 0.972 bits per heavy atom. The zero-order valence-corrected chi connectivity index (χ0v) is 23.5. The van der Waals surface area contributed by atoms with Crippen LogP contribution in [0.15, 0.2) is 54.6 Å². The van der Waals surface area contributed by atoms with Crippen LogP contribution in [-0.4, -0.2) is 32.2 Å². The minimum Gasteiger partial charge on any atom is -0.348 e. The quantitative estimate of drug-likeness (QED) is 0.262. The predicted molar refractivity (Wildman–Crippen MR) is 150 cm³/mol. The van der Waals surface area contributed by atoms with Crippen LogP contribution in [0.4, 0.5) is 0 Å². The van der Waals surface area contributed by atoms with Gasteiger partial charge >= 0.3 is 0 Å². The summed E-state index contributed by atoms with van der Waals surface area (Å²) in [4.78, 5) is 2.20. The Kier molecular flexibility index (Phi) is 8.57. The molecule has 0 radical (unpaired) electrons. The molecule has 0 amide bonds. The molecule has 1 N–H and O–H groups in total. The molecule has 1 aliphatic heterocycles. The van der Waals surface area contributed by atoms with Crippen LogP contribution in [0.1, 0.15) is 77.1 Å². The van der Waals surface area contributed by atoms with E-state index in [1.807, 2.05) is 6.07 Å². The molecule has 196 valence electrons. The highest BCUT2D eigenvalue weighted by molar-refractivity contribution is 7.90. The summed E-state index contributed by atoms with van der Waals surface area (Å²) in [5.41, 5.74) is 1.16. The van der Waals surface area contributed by atoms with Crippen molar-refractivity contribution in [3.05, 3.63) is 59.5 Å². The minimum absolute atomic E-state index is 0.243. The fraction of sp³-hybridized carbons (Fsp3) is 0.517. The number of benzene rings is 2. The van der Waals surface area contributed by atoms with Crippen LogP contribution in [0, 0.1) is 0 Å². The third-order valence-corrected chi connectivity index (χ3v) is 10.5. The number of thiophene rings is 1. The van der Waals surface area contributed by atoms with Crippen LogP contribution in [-0.2, 0) is 19.5 Å². The van der Waals surface area contributed by atoms with Gasteiger partial charge in [0.1, 0.15) is 0 Å². The number of unbranched alkanes of at least 4 members (excludes halogenated alkanes) is 2. The highest BCUT2D eigenvalue weighted by Crippen LogP contribution is 2.36. The first-order chi connectivity index (χ1) is 17.1. The molecule has 1 saturated heterocycles. The Morgan fingerprint density at radius 3 is 2.39 bits per heavy atom. The molecule has 2 heterocycles. The lowest BCUT2D eigenvalue weighted by atomic mass is 10.0. The van der Waals surface area contributed by atoms with Gasteiger partial charge in [-0.15, -0.1) is 11.3 Å². The van der Waals surface area contributed by atoms with Crippen LogP contribution in [0.25, 0.3) is 21.2 Å². The van der Waals surface area contributed by atoms with Gasteiger partial charge in [-0.05, 0) is 74.6 Å². The zero-order valence-electron chi connectivity index (χ0n) is 21.9. The van der Waals surface area contributed by atoms with Gasteiger partial charge in [-0.2, -0.15) is 0 Å². The predicted octanol–water partition coefficient (Wildman–Crippen LogP) is 7.43. The van der Waals surface area contributed by atoms with E-state index in [1.54, 1.807) is 32.1 Å². The smallest absolute Gasteiger partial charge is 0.217 e. The summed E-state index contributed by atoms with van der Waals surface area (Å²) in [6.45, 7) is 8.67. The van der Waals surface area contributed by atoms with Crippen LogP contribution in [0.2, 0.25) is 0 Å². The maximum absolute atomic E-state index is 13.1. The fourth-order valence-electron chi connectivity index (χ4n) is 4.60. The van der Waals surface area contributed by atoms with Crippen LogP contribution in [0.3, 0.4) is 0 Å². The van der Waals surface area contributed by atoms with Crippen LogP contribution < -0.4 is 4.72 Å². The SMILES string of the molecule is CCC1(CCCCC[C@H](NS(=O)(=O)C(C)(C)C)c2ccc(-c3ccc4ccccc4c3)s2)OCCO1. The number of hydrogen-bond acceptors (Lipinski definition) is 5. The van der Waals surface area contributed by atoms with Crippen molar-refractivity contribution in [2.75, 3.05) is 13.2 Å². The monoisotopic (exact) mass is 529 g/mol. The Morgan fingerprint density at radius 2 is 1.69 bits per heavy atom. The third kappa shape index (κ3) is 6.37. The second-order valence-corrected chi connectivity index (χ2v) is 14.2. The molecule has 7 heteroatoms. The van der Waals surface area contributed by atoms with E-state index in [4.69, 9.17) is 9.47 Å². The molecule has 2 aromatic carbocycles. The number of nitrogens with one attached hydrogen (secondary N) is 1. The topological polar surface area (TPSA) is 64.6 Å². The number of hydrogen-bond donors (Lipinski definition) is 1. The largest absolute Gasteiger partial charge is 0.348 e. The molecular formula is C29H39NO4S2. The van der Waals surface area contributed by atoms with Crippen molar-refractivity contribution in [2.45, 2.75) is 82.8 Å². The fourth-order valence-corrected chi connectivity index (χ4v) is 6.74. The Balaban J connectivity index is 1.47. The summed E-state index contributed by atoms with van der Waals surface area (Å²) in [6.07, 6.45) is 5.43. The molecule has 1 aromatic heterocycles. The molecule has 1 aliphatic rings. The van der Waals surface area contributed by atoms with Crippen molar-refractivity contribution in [1.29, 1.82) is 0 Å². The van der Waals surface area contributed by atoms with Crippen molar-refractivity contribution < 1.29 is 17.9 Å². The van der Waals surface area contributed by atoms with E-state index in [2.05, 4.69) is 60.2 Å². The van der Waals surface area contributed by atoms with E-state index in [1.165, 1.54) is 10.8 Å². The lowest BCUT2D eigenvalue weighted by Crippen LogP contribution is -2.41. The second kappa shape index (κ2) is 11.3. The van der Waals surface area contributed by atoms with E-state index < -0.39 is 20.6 Å². The molecule has 36 heavy (non-hydrogen) atoms. The first-order valence-electron chi connectivity index (χ1n) is 13.0. The lowest BCUT2D eigenvalue weighted by molar-refractivity contribution is -0.164. The van der Waals surface area contributed by atoms with Gasteiger partial charge in [0.05, 0.1) is 24.0 Å². The van der Waals surface area contributed by atoms with Crippen molar-refractivity contribution in [3.8, 4) is 10.4 Å². The average molecular weight is 530 g/mol. The Hall–Kier alpha value is -1.77. The summed E-state index contributed by atoms with van der Waals surface area (Å²) in [5.74, 6) is -0.421. The minimum atomic E-state index is -3.48. The summed E-state index contributed by atoms with van der Waals surface area (Å²) >= 11 is 1.67. The zero-order chi connectivity index (χ0) is 25.8. The Labute approximate surface area is 220 Å². The average Bonchev–Trinajstić information content (AvgIpc) is 3.53. The molecule has 0 saturated carbocycles. The maximum Gasteiger partial charge on any atom is 0.217 e. The van der Waals surface area contributed by atoms with Gasteiger partial charge in [0, 0.05) is 16.2 Å². The summed E-state index contributed by atoms with van der Waals surface area (Å²) < 4.78 is 40.0. The first-order valence-corrected chi connectivity index (χ1v) is 15.3. The van der Waals surface area contributed by atoms with Crippen molar-refractivity contribution in [3.63, 3.8) is 0 Å². The van der Waals surface area contributed by atoms with E-state index in [0.29, 0.717) is 13.2 Å². The van der Waals surface area contributed by atoms with E-state index in [9.17, 15) is 8.42 Å². The lowest BCUT2D eigenvalue weighted by Gasteiger charge is -2.26. The first kappa shape index (κ1) is 27.3. The van der Waals surface area contributed by atoms with E-state index in [-0.39, 0.29) is 6.04 Å². The summed E-state index contributed by atoms with van der Waals surface area (Å²) in [5, 5.41) is 2.42. The van der Waals surface area contributed by atoms with Crippen molar-refractivity contribution in [2.24, 2.45) is 0 Å². The number of rotatable bonds is 11. The van der Waals surface area contributed by atoms with Gasteiger partial charge in [-0.3, -0.25) is 0 Å². The van der Waals surface area contributed by atoms with Crippen molar-refractivity contribution in [1.82, 2.24) is 4.72 Å². The molecule has 0 aliphatic carbocycles. The summed E-state index contributed by atoms with van der Waals surface area (Å²) in [6, 6.07) is 18.8. The molecule has 4 rings (SSSR count). The molecule has 5 nitrogen and oxygen atoms in total. The Bertz CT molecular complexity index is 1250.